The van der Waals surface area contributed by atoms with E-state index in [0.717, 1.165) is 28.1 Å². The van der Waals surface area contributed by atoms with E-state index in [-0.39, 0.29) is 17.5 Å². The van der Waals surface area contributed by atoms with E-state index in [0.29, 0.717) is 31.7 Å². The van der Waals surface area contributed by atoms with Gasteiger partial charge in [-0.2, -0.15) is 0 Å². The van der Waals surface area contributed by atoms with Crippen LogP contribution in [0.3, 0.4) is 0 Å². The third-order valence-electron chi connectivity index (χ3n) is 6.58. The normalized spacial score (nSPS) is 15.5. The summed E-state index contributed by atoms with van der Waals surface area (Å²) in [5, 5.41) is 3.53. The summed E-state index contributed by atoms with van der Waals surface area (Å²) >= 11 is 0. The lowest BCUT2D eigenvalue weighted by Crippen LogP contribution is -2.45. The van der Waals surface area contributed by atoms with Crippen LogP contribution in [0.15, 0.2) is 102 Å². The molecule has 182 valence electrons. The summed E-state index contributed by atoms with van der Waals surface area (Å²) in [6.07, 6.45) is 2.24. The van der Waals surface area contributed by atoms with Crippen LogP contribution in [0.2, 0.25) is 0 Å². The van der Waals surface area contributed by atoms with Crippen molar-refractivity contribution >= 4 is 11.6 Å². The van der Waals surface area contributed by atoms with E-state index < -0.39 is 0 Å². The molecule has 6 heteroatoms. The minimum Gasteiger partial charge on any atom is -0.491 e. The number of para-hydroxylation sites is 2. The van der Waals surface area contributed by atoms with Gasteiger partial charge in [-0.25, -0.2) is 0 Å². The third-order valence-corrected chi connectivity index (χ3v) is 6.58. The van der Waals surface area contributed by atoms with Crippen LogP contribution in [-0.4, -0.2) is 28.0 Å². The Morgan fingerprint density at radius 2 is 1.64 bits per heavy atom. The van der Waals surface area contributed by atoms with E-state index in [4.69, 9.17) is 4.74 Å². The number of benzene rings is 3. The molecule has 0 unspecified atom stereocenters. The van der Waals surface area contributed by atoms with Crippen molar-refractivity contribution in [3.63, 3.8) is 0 Å². The zero-order valence-corrected chi connectivity index (χ0v) is 20.3. The zero-order chi connectivity index (χ0) is 24.9. The van der Waals surface area contributed by atoms with Gasteiger partial charge in [0.2, 0.25) is 5.56 Å². The smallest absolute Gasteiger partial charge is 0.256 e. The van der Waals surface area contributed by atoms with Crippen LogP contribution in [0.5, 0.6) is 5.75 Å². The maximum Gasteiger partial charge on any atom is 0.256 e. The van der Waals surface area contributed by atoms with Crippen molar-refractivity contribution in [1.82, 2.24) is 9.47 Å². The number of aryl methyl sites for hydroxylation is 1. The molecular formula is C30H29N3O3. The highest BCUT2D eigenvalue weighted by molar-refractivity contribution is 5.94. The summed E-state index contributed by atoms with van der Waals surface area (Å²) in [5.74, 6) is 0.661. The van der Waals surface area contributed by atoms with Crippen molar-refractivity contribution in [2.45, 2.75) is 25.6 Å². The van der Waals surface area contributed by atoms with Gasteiger partial charge in [-0.1, -0.05) is 66.7 Å². The highest BCUT2D eigenvalue weighted by Gasteiger charge is 2.28. The Labute approximate surface area is 210 Å². The van der Waals surface area contributed by atoms with Crippen molar-refractivity contribution in [1.29, 1.82) is 0 Å². The average Bonchev–Trinajstić information content (AvgIpc) is 2.94. The van der Waals surface area contributed by atoms with Gasteiger partial charge in [0.1, 0.15) is 12.4 Å². The molecule has 0 saturated carbocycles. The molecule has 4 aromatic rings. The third kappa shape index (κ3) is 5.18. The van der Waals surface area contributed by atoms with Gasteiger partial charge in [0, 0.05) is 43.7 Å². The topological polar surface area (TPSA) is 63.6 Å². The fourth-order valence-corrected chi connectivity index (χ4v) is 4.58. The SMILES string of the molecule is Cn1cc(C(=O)N2Cc3ccccc3NCc3ccccc3OC[C@@H]2Cc2ccccc2)ccc1=O. The summed E-state index contributed by atoms with van der Waals surface area (Å²) in [7, 11) is 1.66. The fraction of sp³-hybridized carbons (Fsp3) is 0.200. The van der Waals surface area contributed by atoms with Gasteiger partial charge in [-0.3, -0.25) is 9.59 Å². The molecule has 2 heterocycles. The zero-order valence-electron chi connectivity index (χ0n) is 20.3. The first-order chi connectivity index (χ1) is 17.6. The number of fused-ring (bicyclic) bond motifs is 2. The number of carbonyl (C=O) groups is 1. The van der Waals surface area contributed by atoms with Gasteiger partial charge < -0.3 is 19.5 Å². The first kappa shape index (κ1) is 23.4. The van der Waals surface area contributed by atoms with Crippen molar-refractivity contribution in [2.24, 2.45) is 7.05 Å². The largest absolute Gasteiger partial charge is 0.491 e. The average molecular weight is 480 g/mol. The Morgan fingerprint density at radius 3 is 2.44 bits per heavy atom. The summed E-state index contributed by atoms with van der Waals surface area (Å²) < 4.78 is 7.81. The molecule has 1 aliphatic heterocycles. The van der Waals surface area contributed by atoms with Crippen LogP contribution < -0.4 is 15.6 Å². The Hall–Kier alpha value is -4.32. The molecule has 3 aromatic carbocycles. The molecule has 0 radical (unpaired) electrons. The molecule has 6 nitrogen and oxygen atoms in total. The molecule has 1 aliphatic rings. The number of anilines is 1. The van der Waals surface area contributed by atoms with Crippen molar-refractivity contribution in [3.8, 4) is 5.75 Å². The lowest BCUT2D eigenvalue weighted by Gasteiger charge is -2.32. The van der Waals surface area contributed by atoms with Crippen LogP contribution in [0.4, 0.5) is 5.69 Å². The lowest BCUT2D eigenvalue weighted by atomic mass is 10.0. The predicted molar refractivity (Wildman–Crippen MR) is 141 cm³/mol. The highest BCUT2D eigenvalue weighted by atomic mass is 16.5. The number of hydrogen-bond donors (Lipinski definition) is 1. The van der Waals surface area contributed by atoms with Crippen LogP contribution in [0.25, 0.3) is 0 Å². The van der Waals surface area contributed by atoms with Crippen molar-refractivity contribution in [3.05, 3.63) is 130 Å². The summed E-state index contributed by atoms with van der Waals surface area (Å²) in [6, 6.07) is 29.0. The van der Waals surface area contributed by atoms with E-state index in [9.17, 15) is 9.59 Å². The Kier molecular flexibility index (Phi) is 6.85. The molecule has 0 spiro atoms. The maximum atomic E-state index is 14.0. The minimum atomic E-state index is -0.239. The summed E-state index contributed by atoms with van der Waals surface area (Å²) in [6.45, 7) is 1.36. The van der Waals surface area contributed by atoms with E-state index in [1.807, 2.05) is 65.6 Å². The molecule has 0 aliphatic carbocycles. The molecule has 1 aromatic heterocycles. The molecule has 1 N–H and O–H groups in total. The fourth-order valence-electron chi connectivity index (χ4n) is 4.58. The monoisotopic (exact) mass is 479 g/mol. The minimum absolute atomic E-state index is 0.141. The Bertz CT molecular complexity index is 1410. The second-order valence-corrected chi connectivity index (χ2v) is 9.07. The van der Waals surface area contributed by atoms with Crippen LogP contribution in [0.1, 0.15) is 27.0 Å². The van der Waals surface area contributed by atoms with Gasteiger partial charge in [0.15, 0.2) is 0 Å². The second-order valence-electron chi connectivity index (χ2n) is 9.07. The Morgan fingerprint density at radius 1 is 0.917 bits per heavy atom. The highest BCUT2D eigenvalue weighted by Crippen LogP contribution is 2.27. The first-order valence-electron chi connectivity index (χ1n) is 12.1. The van der Waals surface area contributed by atoms with Crippen molar-refractivity contribution in [2.75, 3.05) is 11.9 Å². The van der Waals surface area contributed by atoms with Crippen molar-refractivity contribution < 1.29 is 9.53 Å². The standard InChI is InChI=1S/C30H29N3O3/c1-32-19-25(15-16-29(32)34)30(35)33-20-24-12-5-7-13-27(24)31-18-23-11-6-8-14-28(23)36-21-26(33)17-22-9-3-2-4-10-22/h2-16,19,26,31H,17-18,20-21H2,1H3/t26-/m0/s1. The molecule has 0 saturated heterocycles. The molecule has 1 amide bonds. The molecular weight excluding hydrogens is 450 g/mol. The van der Waals surface area contributed by atoms with Gasteiger partial charge in [-0.05, 0) is 35.7 Å². The number of carbonyl (C=O) groups excluding carboxylic acids is 1. The maximum absolute atomic E-state index is 14.0. The lowest BCUT2D eigenvalue weighted by molar-refractivity contribution is 0.0590. The second kappa shape index (κ2) is 10.5. The van der Waals surface area contributed by atoms with E-state index in [2.05, 4.69) is 23.5 Å². The number of ether oxygens (including phenoxy) is 1. The Balaban J connectivity index is 1.60. The molecule has 1 atom stereocenters. The van der Waals surface area contributed by atoms with Gasteiger partial charge in [-0.15, -0.1) is 0 Å². The quantitative estimate of drug-likeness (QED) is 0.465. The molecule has 0 bridgehead atoms. The van der Waals surface area contributed by atoms with E-state index >= 15 is 0 Å². The number of nitrogens with one attached hydrogen (secondary N) is 1. The molecule has 5 rings (SSSR count). The van der Waals surface area contributed by atoms with E-state index in [1.54, 1.807) is 19.3 Å². The van der Waals surface area contributed by atoms with Crippen LogP contribution in [0, 0.1) is 0 Å². The van der Waals surface area contributed by atoms with Crippen LogP contribution in [-0.2, 0) is 26.6 Å². The summed E-state index contributed by atoms with van der Waals surface area (Å²) in [5.41, 5.74) is 4.50. The van der Waals surface area contributed by atoms with Crippen LogP contribution >= 0.6 is 0 Å². The number of rotatable bonds is 3. The van der Waals surface area contributed by atoms with Gasteiger partial charge in [0.05, 0.1) is 11.6 Å². The number of hydrogen-bond acceptors (Lipinski definition) is 4. The van der Waals surface area contributed by atoms with E-state index in [1.165, 1.54) is 10.6 Å². The van der Waals surface area contributed by atoms with Gasteiger partial charge >= 0.3 is 0 Å². The predicted octanol–water partition coefficient (Wildman–Crippen LogP) is 4.64. The number of aromatic nitrogens is 1. The first-order valence-corrected chi connectivity index (χ1v) is 12.1. The number of amides is 1. The summed E-state index contributed by atoms with van der Waals surface area (Å²) in [4.78, 5) is 27.9. The number of pyridine rings is 1. The number of nitrogens with zero attached hydrogens (tertiary/aromatic N) is 2. The van der Waals surface area contributed by atoms with Gasteiger partial charge in [0.25, 0.3) is 5.91 Å². The molecule has 0 fully saturated rings. The molecule has 36 heavy (non-hydrogen) atoms.